The highest BCUT2D eigenvalue weighted by atomic mass is 35.5. The molecule has 0 bridgehead atoms. The van der Waals surface area contributed by atoms with Crippen molar-refractivity contribution in [3.63, 3.8) is 0 Å². The predicted molar refractivity (Wildman–Crippen MR) is 87.9 cm³/mol. The lowest BCUT2D eigenvalue weighted by Crippen LogP contribution is -2.40. The fraction of sp³-hybridized carbons (Fsp3) is 0.600. The van der Waals surface area contributed by atoms with Gasteiger partial charge < -0.3 is 5.32 Å². The quantitative estimate of drug-likeness (QED) is 0.875. The molecule has 1 saturated carbocycles. The third-order valence-corrected chi connectivity index (χ3v) is 6.70. The van der Waals surface area contributed by atoms with Crippen LogP contribution in [-0.4, -0.2) is 27.3 Å². The van der Waals surface area contributed by atoms with E-state index in [2.05, 4.69) is 5.32 Å². The minimum absolute atomic E-state index is 0.0367. The number of hydrogen-bond acceptors (Lipinski definition) is 3. The van der Waals surface area contributed by atoms with Crippen LogP contribution in [0.4, 0.5) is 0 Å². The van der Waals surface area contributed by atoms with E-state index in [1.165, 1.54) is 31.4 Å². The molecule has 0 heterocycles. The molecule has 21 heavy (non-hydrogen) atoms. The van der Waals surface area contributed by atoms with Gasteiger partial charge in [-0.05, 0) is 44.0 Å². The molecule has 1 N–H and O–H groups in total. The highest BCUT2D eigenvalue weighted by molar-refractivity contribution is 7.91. The van der Waals surface area contributed by atoms with Crippen LogP contribution in [0.1, 0.15) is 32.1 Å². The summed E-state index contributed by atoms with van der Waals surface area (Å²) in [5.74, 6) is 0.477. The van der Waals surface area contributed by atoms with Crippen molar-refractivity contribution in [2.45, 2.75) is 43.0 Å². The lowest BCUT2D eigenvalue weighted by molar-refractivity contribution is 0.292. The van der Waals surface area contributed by atoms with Crippen molar-refractivity contribution >= 4 is 33.0 Å². The Bertz CT molecular complexity index is 583. The Kier molecular flexibility index (Phi) is 5.95. The number of rotatable bonds is 5. The van der Waals surface area contributed by atoms with Gasteiger partial charge in [-0.1, -0.05) is 42.5 Å². The zero-order chi connectivity index (χ0) is 15.5. The van der Waals surface area contributed by atoms with E-state index in [1.54, 1.807) is 6.07 Å². The Balaban J connectivity index is 2.20. The maximum absolute atomic E-state index is 12.6. The standard InChI is InChI=1S/C15H21Cl2NO2S/c1-18-14(11-5-3-2-4-6-11)10-21(19,20)15-9-12(16)7-8-13(15)17/h7-9,11,14,18H,2-6,10H2,1H3. The number of sulfone groups is 1. The van der Waals surface area contributed by atoms with Crippen LogP contribution in [0.5, 0.6) is 0 Å². The predicted octanol–water partition coefficient (Wildman–Crippen LogP) is 3.94. The van der Waals surface area contributed by atoms with Gasteiger partial charge in [0, 0.05) is 11.1 Å². The van der Waals surface area contributed by atoms with Gasteiger partial charge in [-0.25, -0.2) is 8.42 Å². The molecule has 1 aliphatic rings. The molecular formula is C15H21Cl2NO2S. The van der Waals surface area contributed by atoms with Crippen molar-refractivity contribution in [1.29, 1.82) is 0 Å². The maximum Gasteiger partial charge on any atom is 0.181 e. The fourth-order valence-electron chi connectivity index (χ4n) is 3.03. The molecule has 6 heteroatoms. The van der Waals surface area contributed by atoms with Gasteiger partial charge in [0.2, 0.25) is 0 Å². The molecule has 0 amide bonds. The minimum atomic E-state index is -3.45. The minimum Gasteiger partial charge on any atom is -0.316 e. The Morgan fingerprint density at radius 1 is 1.24 bits per heavy atom. The summed E-state index contributed by atoms with van der Waals surface area (Å²) in [5.41, 5.74) is 0. The van der Waals surface area contributed by atoms with Crippen LogP contribution < -0.4 is 5.32 Å². The van der Waals surface area contributed by atoms with Gasteiger partial charge in [0.25, 0.3) is 0 Å². The molecular weight excluding hydrogens is 329 g/mol. The zero-order valence-corrected chi connectivity index (χ0v) is 14.4. The molecule has 0 aliphatic heterocycles. The lowest BCUT2D eigenvalue weighted by Gasteiger charge is -2.30. The average molecular weight is 350 g/mol. The summed E-state index contributed by atoms with van der Waals surface area (Å²) >= 11 is 11.9. The second-order valence-electron chi connectivity index (χ2n) is 5.65. The van der Waals surface area contributed by atoms with E-state index in [9.17, 15) is 8.42 Å². The van der Waals surface area contributed by atoms with Crippen LogP contribution in [0, 0.1) is 5.92 Å². The normalized spacial score (nSPS) is 18.6. The number of nitrogens with one attached hydrogen (secondary N) is 1. The third-order valence-electron chi connectivity index (χ3n) is 4.22. The fourth-order valence-corrected chi connectivity index (χ4v) is 5.50. The molecule has 0 saturated heterocycles. The Morgan fingerprint density at radius 2 is 1.90 bits per heavy atom. The first-order valence-electron chi connectivity index (χ1n) is 7.29. The van der Waals surface area contributed by atoms with Crippen molar-refractivity contribution in [2.24, 2.45) is 5.92 Å². The largest absolute Gasteiger partial charge is 0.316 e. The molecule has 1 fully saturated rings. The monoisotopic (exact) mass is 349 g/mol. The zero-order valence-electron chi connectivity index (χ0n) is 12.1. The molecule has 2 rings (SSSR count). The second-order valence-corrected chi connectivity index (χ2v) is 8.50. The van der Waals surface area contributed by atoms with Crippen LogP contribution in [0.15, 0.2) is 23.1 Å². The van der Waals surface area contributed by atoms with Crippen LogP contribution in [-0.2, 0) is 9.84 Å². The molecule has 0 radical (unpaired) electrons. The summed E-state index contributed by atoms with van der Waals surface area (Å²) < 4.78 is 25.3. The van der Waals surface area contributed by atoms with Crippen molar-refractivity contribution < 1.29 is 8.42 Å². The molecule has 1 unspecified atom stereocenters. The van der Waals surface area contributed by atoms with Gasteiger partial charge in [-0.2, -0.15) is 0 Å². The summed E-state index contributed by atoms with van der Waals surface area (Å²) in [6.45, 7) is 0. The molecule has 3 nitrogen and oxygen atoms in total. The van der Waals surface area contributed by atoms with E-state index in [1.807, 2.05) is 7.05 Å². The number of hydrogen-bond donors (Lipinski definition) is 1. The van der Waals surface area contributed by atoms with Crippen molar-refractivity contribution in [1.82, 2.24) is 5.32 Å². The summed E-state index contributed by atoms with van der Waals surface area (Å²) in [6.07, 6.45) is 5.79. The first-order chi connectivity index (χ1) is 9.94. The van der Waals surface area contributed by atoms with E-state index < -0.39 is 9.84 Å². The smallest absolute Gasteiger partial charge is 0.181 e. The Hall–Kier alpha value is -0.290. The SMILES string of the molecule is CNC(CS(=O)(=O)c1cc(Cl)ccc1Cl)C1CCCCC1. The van der Waals surface area contributed by atoms with E-state index in [0.717, 1.165) is 12.8 Å². The Morgan fingerprint density at radius 3 is 2.52 bits per heavy atom. The Labute approximate surface area is 136 Å². The van der Waals surface area contributed by atoms with Crippen LogP contribution in [0.2, 0.25) is 10.0 Å². The van der Waals surface area contributed by atoms with E-state index in [4.69, 9.17) is 23.2 Å². The lowest BCUT2D eigenvalue weighted by atomic mass is 9.84. The van der Waals surface area contributed by atoms with Gasteiger partial charge in [-0.3, -0.25) is 0 Å². The van der Waals surface area contributed by atoms with Crippen molar-refractivity contribution in [2.75, 3.05) is 12.8 Å². The molecule has 1 aliphatic carbocycles. The van der Waals surface area contributed by atoms with Gasteiger partial charge >= 0.3 is 0 Å². The van der Waals surface area contributed by atoms with Crippen LogP contribution >= 0.6 is 23.2 Å². The molecule has 1 aromatic rings. The van der Waals surface area contributed by atoms with Gasteiger partial charge in [0.05, 0.1) is 15.7 Å². The summed E-state index contributed by atoms with van der Waals surface area (Å²) in [7, 11) is -1.63. The first kappa shape index (κ1) is 17.1. The average Bonchev–Trinajstić information content (AvgIpc) is 2.48. The number of benzene rings is 1. The van der Waals surface area contributed by atoms with Gasteiger partial charge in [-0.15, -0.1) is 0 Å². The van der Waals surface area contributed by atoms with Crippen molar-refractivity contribution in [3.05, 3.63) is 28.2 Å². The van der Waals surface area contributed by atoms with E-state index in [-0.39, 0.29) is 21.7 Å². The molecule has 118 valence electrons. The van der Waals surface area contributed by atoms with E-state index in [0.29, 0.717) is 10.9 Å². The maximum atomic E-state index is 12.6. The summed E-state index contributed by atoms with van der Waals surface area (Å²) in [5, 5.41) is 3.80. The van der Waals surface area contributed by atoms with Crippen LogP contribution in [0.25, 0.3) is 0 Å². The molecule has 0 spiro atoms. The first-order valence-corrected chi connectivity index (χ1v) is 9.70. The summed E-state index contributed by atoms with van der Waals surface area (Å²) in [6, 6.07) is 4.53. The van der Waals surface area contributed by atoms with Crippen LogP contribution in [0.3, 0.4) is 0 Å². The van der Waals surface area contributed by atoms with Gasteiger partial charge in [0.1, 0.15) is 0 Å². The molecule has 1 atom stereocenters. The second kappa shape index (κ2) is 7.32. The molecule has 1 aromatic carbocycles. The van der Waals surface area contributed by atoms with E-state index >= 15 is 0 Å². The highest BCUT2D eigenvalue weighted by Crippen LogP contribution is 2.30. The summed E-state index contributed by atoms with van der Waals surface area (Å²) in [4.78, 5) is 0.132. The third kappa shape index (κ3) is 4.35. The van der Waals surface area contributed by atoms with Gasteiger partial charge in [0.15, 0.2) is 9.84 Å². The van der Waals surface area contributed by atoms with Crippen molar-refractivity contribution in [3.8, 4) is 0 Å². The molecule has 0 aromatic heterocycles. The number of halogens is 2. The highest BCUT2D eigenvalue weighted by Gasteiger charge is 2.29. The topological polar surface area (TPSA) is 46.2 Å².